The number of likely N-dealkylation sites (tertiary alicyclic amines) is 1. The zero-order valence-corrected chi connectivity index (χ0v) is 16.5. The van der Waals surface area contributed by atoms with Crippen LogP contribution in [-0.4, -0.2) is 54.0 Å². The third kappa shape index (κ3) is 3.17. The molecule has 0 unspecified atom stereocenters. The van der Waals surface area contributed by atoms with Crippen molar-refractivity contribution in [3.8, 4) is 11.1 Å². The molecule has 3 aliphatic rings. The van der Waals surface area contributed by atoms with Crippen molar-refractivity contribution < 1.29 is 24.2 Å². The second-order valence-corrected chi connectivity index (χ2v) is 8.12. The topological polar surface area (TPSA) is 76.1 Å². The number of amides is 1. The fourth-order valence-corrected chi connectivity index (χ4v) is 4.79. The molecule has 6 heteroatoms. The molecule has 2 aliphatic heterocycles. The van der Waals surface area contributed by atoms with Gasteiger partial charge in [0.15, 0.2) is 0 Å². The Hall–Kier alpha value is -3.12. The highest BCUT2D eigenvalue weighted by molar-refractivity contribution is 5.87. The maximum Gasteiger partial charge on any atom is 0.409 e. The molecule has 1 fully saturated rings. The van der Waals surface area contributed by atoms with Crippen molar-refractivity contribution in [2.45, 2.75) is 24.4 Å². The summed E-state index contributed by atoms with van der Waals surface area (Å²) in [6.07, 6.45) is 2.54. The molecule has 0 radical (unpaired) electrons. The molecule has 1 aliphatic carbocycles. The van der Waals surface area contributed by atoms with Crippen LogP contribution in [0, 0.1) is 0 Å². The Morgan fingerprint density at radius 1 is 1.03 bits per heavy atom. The SMILES string of the molecule is O=C(O)C1=CC2(CCN(C(=O)OCC3c4ccccc4-c4ccccc43)CC2)OC1. The van der Waals surface area contributed by atoms with Crippen molar-refractivity contribution >= 4 is 12.1 Å². The van der Waals surface area contributed by atoms with Crippen molar-refractivity contribution in [2.75, 3.05) is 26.3 Å². The molecule has 1 N–H and O–H groups in total. The maximum atomic E-state index is 12.7. The highest BCUT2D eigenvalue weighted by Gasteiger charge is 2.40. The molecule has 0 aromatic heterocycles. The van der Waals surface area contributed by atoms with E-state index in [2.05, 4.69) is 24.3 Å². The number of aliphatic carboxylic acids is 1. The summed E-state index contributed by atoms with van der Waals surface area (Å²) in [6.45, 7) is 1.40. The zero-order valence-electron chi connectivity index (χ0n) is 16.5. The van der Waals surface area contributed by atoms with E-state index in [0.29, 0.717) is 38.1 Å². The summed E-state index contributed by atoms with van der Waals surface area (Å²) in [4.78, 5) is 25.6. The molecule has 30 heavy (non-hydrogen) atoms. The lowest BCUT2D eigenvalue weighted by Crippen LogP contribution is -2.46. The fourth-order valence-electron chi connectivity index (χ4n) is 4.79. The van der Waals surface area contributed by atoms with Crippen molar-refractivity contribution in [3.63, 3.8) is 0 Å². The molecule has 1 saturated heterocycles. The molecule has 1 amide bonds. The van der Waals surface area contributed by atoms with Gasteiger partial charge < -0.3 is 19.5 Å². The van der Waals surface area contributed by atoms with Crippen LogP contribution in [-0.2, 0) is 14.3 Å². The van der Waals surface area contributed by atoms with E-state index in [4.69, 9.17) is 14.6 Å². The van der Waals surface area contributed by atoms with Gasteiger partial charge in [-0.1, -0.05) is 48.5 Å². The van der Waals surface area contributed by atoms with Gasteiger partial charge in [-0.05, 0) is 41.2 Å². The Bertz CT molecular complexity index is 990. The Kier molecular flexibility index (Phi) is 4.59. The lowest BCUT2D eigenvalue weighted by Gasteiger charge is -2.37. The smallest absolute Gasteiger partial charge is 0.409 e. The summed E-state index contributed by atoms with van der Waals surface area (Å²) < 4.78 is 11.5. The molecule has 0 atom stereocenters. The van der Waals surface area contributed by atoms with Gasteiger partial charge in [-0.15, -0.1) is 0 Å². The Labute approximate surface area is 174 Å². The van der Waals surface area contributed by atoms with Gasteiger partial charge in [-0.2, -0.15) is 0 Å². The number of carbonyl (C=O) groups excluding carboxylic acids is 1. The van der Waals surface area contributed by atoms with Gasteiger partial charge in [0.05, 0.1) is 17.8 Å². The minimum absolute atomic E-state index is 0.0386. The van der Waals surface area contributed by atoms with Crippen LogP contribution in [0.3, 0.4) is 0 Å². The van der Waals surface area contributed by atoms with Crippen LogP contribution >= 0.6 is 0 Å². The summed E-state index contributed by atoms with van der Waals surface area (Å²) in [5.74, 6) is -0.900. The number of fused-ring (bicyclic) bond motifs is 3. The molecule has 1 spiro atoms. The fraction of sp³-hybridized carbons (Fsp3) is 0.333. The molecule has 0 bridgehead atoms. The van der Waals surface area contributed by atoms with Gasteiger partial charge in [0.2, 0.25) is 0 Å². The van der Waals surface area contributed by atoms with E-state index in [0.717, 1.165) is 0 Å². The van der Waals surface area contributed by atoms with E-state index in [-0.39, 0.29) is 18.6 Å². The lowest BCUT2D eigenvalue weighted by atomic mass is 9.91. The third-order valence-corrected chi connectivity index (χ3v) is 6.43. The van der Waals surface area contributed by atoms with Gasteiger partial charge in [0, 0.05) is 19.0 Å². The van der Waals surface area contributed by atoms with Gasteiger partial charge in [-0.25, -0.2) is 9.59 Å². The van der Waals surface area contributed by atoms with Crippen molar-refractivity contribution in [3.05, 3.63) is 71.3 Å². The minimum atomic E-state index is -0.939. The lowest BCUT2D eigenvalue weighted by molar-refractivity contribution is -0.133. The minimum Gasteiger partial charge on any atom is -0.478 e. The first-order chi connectivity index (χ1) is 14.6. The van der Waals surface area contributed by atoms with Gasteiger partial charge in [0.25, 0.3) is 0 Å². The molecule has 2 heterocycles. The van der Waals surface area contributed by atoms with Crippen molar-refractivity contribution in [1.82, 2.24) is 4.90 Å². The van der Waals surface area contributed by atoms with Crippen LogP contribution in [0.1, 0.15) is 29.9 Å². The first kappa shape index (κ1) is 18.9. The van der Waals surface area contributed by atoms with E-state index >= 15 is 0 Å². The summed E-state index contributed by atoms with van der Waals surface area (Å²) in [5.41, 5.74) is 4.52. The molecular weight excluding hydrogens is 382 g/mol. The average molecular weight is 405 g/mol. The van der Waals surface area contributed by atoms with Crippen LogP contribution in [0.15, 0.2) is 60.2 Å². The van der Waals surface area contributed by atoms with Crippen molar-refractivity contribution in [1.29, 1.82) is 0 Å². The van der Waals surface area contributed by atoms with E-state index < -0.39 is 11.6 Å². The number of benzene rings is 2. The van der Waals surface area contributed by atoms with Crippen LogP contribution in [0.4, 0.5) is 4.79 Å². The van der Waals surface area contributed by atoms with E-state index in [1.54, 1.807) is 11.0 Å². The van der Waals surface area contributed by atoms with E-state index in [9.17, 15) is 9.59 Å². The number of carboxylic acids is 1. The molecule has 5 rings (SSSR count). The van der Waals surface area contributed by atoms with E-state index in [1.165, 1.54) is 22.3 Å². The number of carboxylic acid groups (broad SMARTS) is 1. The summed E-state index contributed by atoms with van der Waals surface area (Å²) in [6, 6.07) is 16.5. The first-order valence-electron chi connectivity index (χ1n) is 10.3. The molecule has 2 aromatic carbocycles. The monoisotopic (exact) mass is 405 g/mol. The quantitative estimate of drug-likeness (QED) is 0.840. The third-order valence-electron chi connectivity index (χ3n) is 6.43. The predicted molar refractivity (Wildman–Crippen MR) is 110 cm³/mol. The number of nitrogens with zero attached hydrogens (tertiary/aromatic N) is 1. The molecule has 154 valence electrons. The van der Waals surface area contributed by atoms with Crippen LogP contribution in [0.25, 0.3) is 11.1 Å². The van der Waals surface area contributed by atoms with Gasteiger partial charge in [-0.3, -0.25) is 0 Å². The van der Waals surface area contributed by atoms with Gasteiger partial charge in [0.1, 0.15) is 6.61 Å². The summed E-state index contributed by atoms with van der Waals surface area (Å²) in [5, 5.41) is 9.15. The number of rotatable bonds is 3. The van der Waals surface area contributed by atoms with Gasteiger partial charge >= 0.3 is 12.1 Å². The standard InChI is InChI=1S/C24H23NO5/c26-22(27)16-13-24(30-14-16)9-11-25(12-10-24)23(28)29-15-21-19-7-3-1-5-17(19)18-6-2-4-8-20(18)21/h1-8,13,21H,9-12,14-15H2,(H,26,27). The summed E-state index contributed by atoms with van der Waals surface area (Å²) in [7, 11) is 0. The average Bonchev–Trinajstić information content (AvgIpc) is 3.32. The number of hydrogen-bond donors (Lipinski definition) is 1. The largest absolute Gasteiger partial charge is 0.478 e. The Morgan fingerprint density at radius 3 is 2.20 bits per heavy atom. The van der Waals surface area contributed by atoms with Crippen LogP contribution < -0.4 is 0 Å². The van der Waals surface area contributed by atoms with Crippen LogP contribution in [0.5, 0.6) is 0 Å². The molecule has 2 aromatic rings. The zero-order chi connectivity index (χ0) is 20.7. The second kappa shape index (κ2) is 7.29. The predicted octanol–water partition coefficient (Wildman–Crippen LogP) is 3.81. The number of hydrogen-bond acceptors (Lipinski definition) is 4. The number of carbonyl (C=O) groups is 2. The highest BCUT2D eigenvalue weighted by Crippen LogP contribution is 2.44. The highest BCUT2D eigenvalue weighted by atomic mass is 16.6. The molecule has 0 saturated carbocycles. The first-order valence-corrected chi connectivity index (χ1v) is 10.3. The Balaban J connectivity index is 1.23. The number of piperidine rings is 1. The molecule has 6 nitrogen and oxygen atoms in total. The maximum absolute atomic E-state index is 12.7. The van der Waals surface area contributed by atoms with E-state index in [1.807, 2.05) is 24.3 Å². The Morgan fingerprint density at radius 2 is 1.63 bits per heavy atom. The second-order valence-electron chi connectivity index (χ2n) is 8.12. The molecular formula is C24H23NO5. The normalized spacial score (nSPS) is 19.3. The summed E-state index contributed by atoms with van der Waals surface area (Å²) >= 11 is 0. The van der Waals surface area contributed by atoms with Crippen LogP contribution in [0.2, 0.25) is 0 Å². The van der Waals surface area contributed by atoms with Crippen molar-refractivity contribution in [2.24, 2.45) is 0 Å². The number of ether oxygens (including phenoxy) is 2.